The van der Waals surface area contributed by atoms with Crippen LogP contribution in [0.1, 0.15) is 42.2 Å². The summed E-state index contributed by atoms with van der Waals surface area (Å²) in [7, 11) is 1.45. The predicted octanol–water partition coefficient (Wildman–Crippen LogP) is 4.22. The van der Waals surface area contributed by atoms with E-state index in [4.69, 9.17) is 30.5 Å². The van der Waals surface area contributed by atoms with E-state index in [1.54, 1.807) is 31.2 Å². The van der Waals surface area contributed by atoms with Crippen LogP contribution in [-0.4, -0.2) is 36.5 Å². The minimum Gasteiger partial charge on any atom is -0.497 e. The van der Waals surface area contributed by atoms with Crippen molar-refractivity contribution in [1.82, 2.24) is 5.32 Å². The molecule has 0 saturated heterocycles. The molecule has 3 aromatic carbocycles. The maximum atomic E-state index is 14.6. The SMILES string of the molecule is CC(=O)O.CCOC(C(=O)NCc1ccc(C(=N)N)cc1NCc1ccccc1)c1ccc(OC)cc1F. The van der Waals surface area contributed by atoms with E-state index >= 15 is 0 Å². The van der Waals surface area contributed by atoms with Gasteiger partial charge in [-0.1, -0.05) is 42.5 Å². The number of aliphatic carboxylic acids is 1. The zero-order valence-corrected chi connectivity index (χ0v) is 21.6. The second kappa shape index (κ2) is 15.0. The van der Waals surface area contributed by atoms with Crippen molar-refractivity contribution >= 4 is 23.4 Å². The monoisotopic (exact) mass is 524 g/mol. The number of amidine groups is 1. The maximum absolute atomic E-state index is 14.6. The second-order valence-electron chi connectivity index (χ2n) is 8.08. The highest BCUT2D eigenvalue weighted by Crippen LogP contribution is 2.25. The Morgan fingerprint density at radius 3 is 2.34 bits per heavy atom. The third-order valence-electron chi connectivity index (χ3n) is 5.26. The number of nitrogens with two attached hydrogens (primary N) is 1. The molecule has 0 fully saturated rings. The van der Waals surface area contributed by atoms with E-state index in [9.17, 15) is 9.18 Å². The largest absolute Gasteiger partial charge is 0.497 e. The zero-order valence-electron chi connectivity index (χ0n) is 21.6. The van der Waals surface area contributed by atoms with Crippen molar-refractivity contribution in [3.63, 3.8) is 0 Å². The number of hydrogen-bond donors (Lipinski definition) is 5. The highest BCUT2D eigenvalue weighted by molar-refractivity contribution is 5.96. The molecule has 9 nitrogen and oxygen atoms in total. The molecule has 0 heterocycles. The van der Waals surface area contributed by atoms with Crippen molar-refractivity contribution in [3.05, 3.63) is 94.8 Å². The summed E-state index contributed by atoms with van der Waals surface area (Å²) < 4.78 is 25.2. The fraction of sp³-hybridized carbons (Fsp3) is 0.250. The van der Waals surface area contributed by atoms with E-state index in [1.165, 1.54) is 19.2 Å². The molecule has 0 spiro atoms. The third-order valence-corrected chi connectivity index (χ3v) is 5.26. The quantitative estimate of drug-likeness (QED) is 0.186. The minimum atomic E-state index is -1.10. The number of halogens is 1. The average molecular weight is 525 g/mol. The van der Waals surface area contributed by atoms with E-state index in [2.05, 4.69) is 10.6 Å². The van der Waals surface area contributed by atoms with Crippen molar-refractivity contribution in [3.8, 4) is 5.75 Å². The van der Waals surface area contributed by atoms with Gasteiger partial charge < -0.3 is 30.9 Å². The van der Waals surface area contributed by atoms with Crippen LogP contribution in [0.15, 0.2) is 66.7 Å². The van der Waals surface area contributed by atoms with Crippen molar-refractivity contribution in [2.45, 2.75) is 33.0 Å². The lowest BCUT2D eigenvalue weighted by atomic mass is 10.1. The molecular weight excluding hydrogens is 491 g/mol. The Morgan fingerprint density at radius 2 is 1.76 bits per heavy atom. The van der Waals surface area contributed by atoms with Gasteiger partial charge in [-0.2, -0.15) is 0 Å². The summed E-state index contributed by atoms with van der Waals surface area (Å²) in [6.45, 7) is 3.80. The maximum Gasteiger partial charge on any atom is 0.300 e. The Bertz CT molecular complexity index is 1230. The number of carbonyl (C=O) groups is 2. The number of ether oxygens (including phenoxy) is 2. The molecule has 0 bridgehead atoms. The van der Waals surface area contributed by atoms with Crippen LogP contribution in [0.5, 0.6) is 5.75 Å². The molecule has 0 radical (unpaired) electrons. The number of methoxy groups -OCH3 is 1. The van der Waals surface area contributed by atoms with Gasteiger partial charge in [0, 0.05) is 49.5 Å². The lowest BCUT2D eigenvalue weighted by molar-refractivity contribution is -0.134. The smallest absolute Gasteiger partial charge is 0.300 e. The number of nitrogens with one attached hydrogen (secondary N) is 3. The highest BCUT2D eigenvalue weighted by atomic mass is 19.1. The molecule has 1 unspecified atom stereocenters. The number of carboxylic acids is 1. The predicted molar refractivity (Wildman–Crippen MR) is 144 cm³/mol. The van der Waals surface area contributed by atoms with Crippen LogP contribution >= 0.6 is 0 Å². The second-order valence-corrected chi connectivity index (χ2v) is 8.08. The normalized spacial score (nSPS) is 10.9. The van der Waals surface area contributed by atoms with Crippen molar-refractivity contribution < 1.29 is 28.6 Å². The zero-order chi connectivity index (χ0) is 28.1. The molecule has 3 rings (SSSR count). The van der Waals surface area contributed by atoms with Crippen LogP contribution in [-0.2, 0) is 27.4 Å². The van der Waals surface area contributed by atoms with Crippen LogP contribution in [0.25, 0.3) is 0 Å². The molecular formula is C28H33FN4O5. The van der Waals surface area contributed by atoms with E-state index in [0.717, 1.165) is 23.7 Å². The standard InChI is InChI=1S/C26H29FN4O3.C2H4O2/c1-3-34-24(21-12-11-20(33-2)14-22(21)27)26(32)31-16-19-10-9-18(25(28)29)13-23(19)30-15-17-7-5-4-6-8-17;1-2(3)4/h4-14,24,30H,3,15-16H2,1-2H3,(H3,28,29)(H,31,32);1H3,(H,3,4). The van der Waals surface area contributed by atoms with Crippen LogP contribution in [0.2, 0.25) is 0 Å². The fourth-order valence-electron chi connectivity index (χ4n) is 3.45. The van der Waals surface area contributed by atoms with E-state index < -0.39 is 23.8 Å². The Morgan fingerprint density at radius 1 is 1.08 bits per heavy atom. The summed E-state index contributed by atoms with van der Waals surface area (Å²) in [4.78, 5) is 22.0. The van der Waals surface area contributed by atoms with Crippen molar-refractivity contribution in [2.75, 3.05) is 19.0 Å². The lowest BCUT2D eigenvalue weighted by Gasteiger charge is -2.19. The molecule has 10 heteroatoms. The van der Waals surface area contributed by atoms with Gasteiger partial charge in [-0.25, -0.2) is 4.39 Å². The topological polar surface area (TPSA) is 147 Å². The van der Waals surface area contributed by atoms with E-state index in [-0.39, 0.29) is 24.6 Å². The molecule has 0 aliphatic heterocycles. The highest BCUT2D eigenvalue weighted by Gasteiger charge is 2.24. The first-order valence-electron chi connectivity index (χ1n) is 11.8. The first-order valence-corrected chi connectivity index (χ1v) is 11.8. The van der Waals surface area contributed by atoms with Gasteiger partial charge in [-0.3, -0.25) is 15.0 Å². The number of anilines is 1. The summed E-state index contributed by atoms with van der Waals surface area (Å²) in [5, 5.41) is 21.3. The van der Waals surface area contributed by atoms with Crippen molar-refractivity contribution in [1.29, 1.82) is 5.41 Å². The van der Waals surface area contributed by atoms with Gasteiger partial charge in [0.1, 0.15) is 17.4 Å². The summed E-state index contributed by atoms with van der Waals surface area (Å²) in [5.41, 5.74) is 8.97. The molecule has 1 amide bonds. The number of nitrogen functional groups attached to an aromatic ring is 1. The van der Waals surface area contributed by atoms with Gasteiger partial charge in [0.2, 0.25) is 0 Å². The number of benzene rings is 3. The molecule has 0 aromatic heterocycles. The third kappa shape index (κ3) is 9.21. The minimum absolute atomic E-state index is 0.0512. The Hall–Kier alpha value is -4.44. The summed E-state index contributed by atoms with van der Waals surface area (Å²) >= 11 is 0. The van der Waals surface area contributed by atoms with Gasteiger partial charge in [0.25, 0.3) is 11.9 Å². The average Bonchev–Trinajstić information content (AvgIpc) is 2.89. The van der Waals surface area contributed by atoms with E-state index in [0.29, 0.717) is 17.9 Å². The fourth-order valence-corrected chi connectivity index (χ4v) is 3.45. The summed E-state index contributed by atoms with van der Waals surface area (Å²) in [6.07, 6.45) is -1.10. The molecule has 0 aliphatic carbocycles. The van der Waals surface area contributed by atoms with E-state index in [1.807, 2.05) is 30.3 Å². The molecule has 0 aliphatic rings. The number of rotatable bonds is 11. The number of hydrogen-bond acceptors (Lipinski definition) is 6. The summed E-state index contributed by atoms with van der Waals surface area (Å²) in [5.74, 6) is -1.57. The van der Waals surface area contributed by atoms with Crippen LogP contribution in [0, 0.1) is 11.2 Å². The first-order chi connectivity index (χ1) is 18.2. The summed E-state index contributed by atoms with van der Waals surface area (Å²) in [6, 6.07) is 19.4. The molecule has 202 valence electrons. The van der Waals surface area contributed by atoms with Gasteiger partial charge in [-0.15, -0.1) is 0 Å². The van der Waals surface area contributed by atoms with Gasteiger partial charge in [-0.05, 0) is 36.2 Å². The van der Waals surface area contributed by atoms with Crippen LogP contribution in [0.3, 0.4) is 0 Å². The van der Waals surface area contributed by atoms with Crippen LogP contribution in [0.4, 0.5) is 10.1 Å². The first kappa shape index (κ1) is 29.8. The van der Waals surface area contributed by atoms with Gasteiger partial charge >= 0.3 is 0 Å². The van der Waals surface area contributed by atoms with Crippen molar-refractivity contribution in [2.24, 2.45) is 5.73 Å². The number of carbonyl (C=O) groups excluding carboxylic acids is 1. The van der Waals surface area contributed by atoms with Gasteiger partial charge in [0.15, 0.2) is 6.10 Å². The van der Waals surface area contributed by atoms with Gasteiger partial charge in [0.05, 0.1) is 7.11 Å². The van der Waals surface area contributed by atoms with Crippen LogP contribution < -0.4 is 21.1 Å². The lowest BCUT2D eigenvalue weighted by Crippen LogP contribution is -2.31. The Balaban J connectivity index is 0.00000118. The molecule has 3 aromatic rings. The number of amides is 1. The molecule has 38 heavy (non-hydrogen) atoms. The molecule has 6 N–H and O–H groups in total. The molecule has 1 atom stereocenters. The Labute approximate surface area is 221 Å². The Kier molecular flexibility index (Phi) is 11.7. The number of carboxylic acid groups (broad SMARTS) is 1. The molecule has 0 saturated carbocycles.